The fourth-order valence-electron chi connectivity index (χ4n) is 1.50. The summed E-state index contributed by atoms with van der Waals surface area (Å²) in [6.07, 6.45) is 0. The second kappa shape index (κ2) is 3.48. The van der Waals surface area contributed by atoms with Crippen LogP contribution in [-0.4, -0.2) is 14.1 Å². The summed E-state index contributed by atoms with van der Waals surface area (Å²) >= 11 is 0. The third-order valence-electron chi connectivity index (χ3n) is 2.00. The molecule has 0 aromatic heterocycles. The van der Waals surface area contributed by atoms with E-state index < -0.39 is 0 Å². The Balaban J connectivity index is 3.24. The van der Waals surface area contributed by atoms with Gasteiger partial charge in [-0.05, 0) is 31.0 Å². The van der Waals surface area contributed by atoms with E-state index in [0.717, 1.165) is 5.69 Å². The normalized spacial score (nSPS) is 9.67. The molecule has 0 unspecified atom stereocenters. The summed E-state index contributed by atoms with van der Waals surface area (Å²) in [4.78, 5) is 0. The zero-order valence-electron chi connectivity index (χ0n) is 8.15. The average Bonchev–Trinajstić information content (AvgIpc) is 2.03. The van der Waals surface area contributed by atoms with Crippen LogP contribution >= 0.6 is 0 Å². The molecule has 0 amide bonds. The second-order valence-electron chi connectivity index (χ2n) is 3.00. The highest BCUT2D eigenvalue weighted by atomic mass is 14.9. The topological polar surface area (TPSA) is 24.1 Å². The van der Waals surface area contributed by atoms with Crippen molar-refractivity contribution < 1.29 is 0 Å². The van der Waals surface area contributed by atoms with Gasteiger partial charge in [0.05, 0.1) is 11.4 Å². The van der Waals surface area contributed by atoms with Crippen molar-refractivity contribution in [3.8, 4) is 0 Å². The van der Waals surface area contributed by atoms with Gasteiger partial charge in [-0.25, -0.2) is 0 Å². The summed E-state index contributed by atoms with van der Waals surface area (Å²) in [6.45, 7) is 4.22. The van der Waals surface area contributed by atoms with Crippen LogP contribution in [0.5, 0.6) is 0 Å². The Morgan fingerprint density at radius 3 is 2.17 bits per heavy atom. The largest absolute Gasteiger partial charge is 0.386 e. The van der Waals surface area contributed by atoms with E-state index in [9.17, 15) is 0 Å². The van der Waals surface area contributed by atoms with E-state index in [2.05, 4.69) is 36.6 Å². The van der Waals surface area contributed by atoms with Crippen molar-refractivity contribution in [3.63, 3.8) is 0 Å². The number of rotatable bonds is 2. The lowest BCUT2D eigenvalue weighted by molar-refractivity contribution is 1.33. The molecule has 2 nitrogen and oxygen atoms in total. The zero-order chi connectivity index (χ0) is 9.14. The molecule has 0 radical (unpaired) electrons. The van der Waals surface area contributed by atoms with Crippen LogP contribution in [0.2, 0.25) is 0 Å². The molecule has 2 heteroatoms. The lowest BCUT2D eigenvalue weighted by atomic mass is 10.1. The third kappa shape index (κ3) is 1.52. The van der Waals surface area contributed by atoms with Crippen molar-refractivity contribution in [1.82, 2.24) is 0 Å². The van der Waals surface area contributed by atoms with Crippen LogP contribution in [0.4, 0.5) is 11.4 Å². The SMILES string of the molecule is CNc1cc(C)cc(C)c1NC. The van der Waals surface area contributed by atoms with Crippen molar-refractivity contribution in [2.24, 2.45) is 0 Å². The van der Waals surface area contributed by atoms with Crippen LogP contribution in [0.25, 0.3) is 0 Å². The molecule has 1 aromatic carbocycles. The molecule has 1 aromatic rings. The van der Waals surface area contributed by atoms with Crippen LogP contribution in [0.3, 0.4) is 0 Å². The fraction of sp³-hybridized carbons (Fsp3) is 0.400. The van der Waals surface area contributed by atoms with Crippen molar-refractivity contribution in [1.29, 1.82) is 0 Å². The minimum Gasteiger partial charge on any atom is -0.386 e. The summed E-state index contributed by atoms with van der Waals surface area (Å²) in [5.74, 6) is 0. The van der Waals surface area contributed by atoms with E-state index in [1.54, 1.807) is 0 Å². The van der Waals surface area contributed by atoms with Crippen molar-refractivity contribution in [3.05, 3.63) is 23.3 Å². The fourth-order valence-corrected chi connectivity index (χ4v) is 1.50. The van der Waals surface area contributed by atoms with Gasteiger partial charge in [0.25, 0.3) is 0 Å². The monoisotopic (exact) mass is 164 g/mol. The van der Waals surface area contributed by atoms with Gasteiger partial charge in [-0.15, -0.1) is 0 Å². The maximum Gasteiger partial charge on any atom is 0.0603 e. The lowest BCUT2D eigenvalue weighted by Crippen LogP contribution is -1.99. The van der Waals surface area contributed by atoms with E-state index in [4.69, 9.17) is 0 Å². The highest BCUT2D eigenvalue weighted by molar-refractivity contribution is 5.72. The van der Waals surface area contributed by atoms with E-state index in [1.807, 2.05) is 14.1 Å². The molecular weight excluding hydrogens is 148 g/mol. The van der Waals surface area contributed by atoms with E-state index in [1.165, 1.54) is 16.8 Å². The average molecular weight is 164 g/mol. The molecule has 0 atom stereocenters. The van der Waals surface area contributed by atoms with Gasteiger partial charge in [-0.3, -0.25) is 0 Å². The van der Waals surface area contributed by atoms with Crippen molar-refractivity contribution >= 4 is 11.4 Å². The Morgan fingerprint density at radius 1 is 1.00 bits per heavy atom. The van der Waals surface area contributed by atoms with Gasteiger partial charge in [0, 0.05) is 14.1 Å². The third-order valence-corrected chi connectivity index (χ3v) is 2.00. The van der Waals surface area contributed by atoms with Crippen LogP contribution in [0.1, 0.15) is 11.1 Å². The van der Waals surface area contributed by atoms with E-state index in [0.29, 0.717) is 0 Å². The molecule has 0 saturated heterocycles. The van der Waals surface area contributed by atoms with Gasteiger partial charge in [0.1, 0.15) is 0 Å². The van der Waals surface area contributed by atoms with Gasteiger partial charge in [0.2, 0.25) is 0 Å². The predicted molar refractivity (Wildman–Crippen MR) is 55.0 cm³/mol. The molecule has 0 aliphatic rings. The lowest BCUT2D eigenvalue weighted by Gasteiger charge is -2.12. The molecule has 0 spiro atoms. The number of anilines is 2. The molecule has 0 heterocycles. The Morgan fingerprint density at radius 2 is 1.67 bits per heavy atom. The number of hydrogen-bond acceptors (Lipinski definition) is 2. The molecule has 12 heavy (non-hydrogen) atoms. The predicted octanol–water partition coefficient (Wildman–Crippen LogP) is 2.39. The first-order valence-electron chi connectivity index (χ1n) is 4.15. The smallest absolute Gasteiger partial charge is 0.0603 e. The van der Waals surface area contributed by atoms with E-state index in [-0.39, 0.29) is 0 Å². The summed E-state index contributed by atoms with van der Waals surface area (Å²) in [5, 5.41) is 6.35. The molecule has 0 saturated carbocycles. The van der Waals surface area contributed by atoms with Crippen molar-refractivity contribution in [2.75, 3.05) is 24.7 Å². The second-order valence-corrected chi connectivity index (χ2v) is 3.00. The van der Waals surface area contributed by atoms with Gasteiger partial charge in [0.15, 0.2) is 0 Å². The zero-order valence-corrected chi connectivity index (χ0v) is 8.15. The summed E-state index contributed by atoms with van der Waals surface area (Å²) in [5.41, 5.74) is 4.91. The Hall–Kier alpha value is -1.18. The summed E-state index contributed by atoms with van der Waals surface area (Å²) < 4.78 is 0. The first-order valence-corrected chi connectivity index (χ1v) is 4.15. The Kier molecular flexibility index (Phi) is 2.58. The first kappa shape index (κ1) is 8.91. The summed E-state index contributed by atoms with van der Waals surface area (Å²) in [6, 6.07) is 4.31. The van der Waals surface area contributed by atoms with Crippen molar-refractivity contribution in [2.45, 2.75) is 13.8 Å². The quantitative estimate of drug-likeness (QED) is 0.701. The standard InChI is InChI=1S/C10H16N2/c1-7-5-8(2)10(12-4)9(6-7)11-3/h5-6,11-12H,1-4H3. The highest BCUT2D eigenvalue weighted by Gasteiger charge is 2.02. The maximum atomic E-state index is 3.18. The van der Waals surface area contributed by atoms with Crippen LogP contribution in [0.15, 0.2) is 12.1 Å². The molecule has 0 aliphatic carbocycles. The number of benzene rings is 1. The Bertz CT molecular complexity index is 279. The van der Waals surface area contributed by atoms with Gasteiger partial charge in [-0.1, -0.05) is 6.07 Å². The molecule has 1 rings (SSSR count). The van der Waals surface area contributed by atoms with Crippen LogP contribution in [-0.2, 0) is 0 Å². The minimum absolute atomic E-state index is 1.16. The van der Waals surface area contributed by atoms with Gasteiger partial charge >= 0.3 is 0 Å². The van der Waals surface area contributed by atoms with Crippen LogP contribution < -0.4 is 10.6 Å². The number of hydrogen-bond donors (Lipinski definition) is 2. The highest BCUT2D eigenvalue weighted by Crippen LogP contribution is 2.26. The van der Waals surface area contributed by atoms with E-state index >= 15 is 0 Å². The van der Waals surface area contributed by atoms with Crippen LogP contribution in [0, 0.1) is 13.8 Å². The molecule has 0 fully saturated rings. The number of nitrogens with one attached hydrogen (secondary N) is 2. The molecule has 0 aliphatic heterocycles. The number of aryl methyl sites for hydroxylation is 2. The Labute approximate surface area is 74.0 Å². The molecule has 2 N–H and O–H groups in total. The van der Waals surface area contributed by atoms with Gasteiger partial charge in [-0.2, -0.15) is 0 Å². The maximum absolute atomic E-state index is 3.18. The van der Waals surface area contributed by atoms with Gasteiger partial charge < -0.3 is 10.6 Å². The summed E-state index contributed by atoms with van der Waals surface area (Å²) in [7, 11) is 3.88. The first-order chi connectivity index (χ1) is 5.69. The molecule has 0 bridgehead atoms. The molecular formula is C10H16N2. The molecule has 66 valence electrons. The minimum atomic E-state index is 1.16.